The number of halogens is 1. The first-order chi connectivity index (χ1) is 8.49. The summed E-state index contributed by atoms with van der Waals surface area (Å²) in [7, 11) is 3.00. The predicted octanol–water partition coefficient (Wildman–Crippen LogP) is 1.87. The average molecular weight is 255 g/mol. The highest BCUT2D eigenvalue weighted by Crippen LogP contribution is 2.11. The Bertz CT molecular complexity index is 419. The largest absolute Gasteiger partial charge is 0.354 e. The highest BCUT2D eigenvalue weighted by Gasteiger charge is 2.19. The Kier molecular flexibility index (Phi) is 5.25. The van der Waals surface area contributed by atoms with Gasteiger partial charge in [-0.25, -0.2) is 4.39 Å². The van der Waals surface area contributed by atoms with Crippen molar-refractivity contribution >= 4 is 5.91 Å². The van der Waals surface area contributed by atoms with Gasteiger partial charge in [-0.05, 0) is 37.6 Å². The molecule has 1 atom stereocenters. The molecule has 5 heteroatoms. The van der Waals surface area contributed by atoms with Crippen LogP contribution in [0.25, 0.3) is 0 Å². The minimum Gasteiger partial charge on any atom is -0.354 e. The second-order valence-corrected chi connectivity index (χ2v) is 4.06. The molecule has 0 aliphatic carbocycles. The fourth-order valence-corrected chi connectivity index (χ4v) is 1.74. The van der Waals surface area contributed by atoms with Crippen molar-refractivity contribution in [2.75, 3.05) is 14.2 Å². The molecule has 0 spiro atoms. The standard InChI is InChI=1S/C13H18FNO3/c1-8-7-10(14)5-6-11(8)12(16)15-9(2)13(17-3)18-4/h5-7,9,13H,1-4H3,(H,15,16). The van der Waals surface area contributed by atoms with E-state index in [9.17, 15) is 9.18 Å². The number of rotatable bonds is 5. The summed E-state index contributed by atoms with van der Waals surface area (Å²) in [6.45, 7) is 3.46. The molecule has 1 N–H and O–H groups in total. The summed E-state index contributed by atoms with van der Waals surface area (Å²) in [6, 6.07) is 3.74. The van der Waals surface area contributed by atoms with Crippen molar-refractivity contribution in [1.29, 1.82) is 0 Å². The van der Waals surface area contributed by atoms with Gasteiger partial charge in [-0.1, -0.05) is 0 Å². The van der Waals surface area contributed by atoms with Crippen LogP contribution in [0.1, 0.15) is 22.8 Å². The van der Waals surface area contributed by atoms with E-state index in [2.05, 4.69) is 5.32 Å². The monoisotopic (exact) mass is 255 g/mol. The van der Waals surface area contributed by atoms with Crippen molar-refractivity contribution < 1.29 is 18.7 Å². The molecule has 0 aliphatic rings. The number of nitrogens with one attached hydrogen (secondary N) is 1. The lowest BCUT2D eigenvalue weighted by Crippen LogP contribution is -2.43. The number of carbonyl (C=O) groups excluding carboxylic acids is 1. The zero-order valence-corrected chi connectivity index (χ0v) is 11.0. The highest BCUT2D eigenvalue weighted by molar-refractivity contribution is 5.95. The fraction of sp³-hybridized carbons (Fsp3) is 0.462. The maximum atomic E-state index is 12.9. The number of benzene rings is 1. The van der Waals surface area contributed by atoms with Gasteiger partial charge in [0.2, 0.25) is 0 Å². The first-order valence-electron chi connectivity index (χ1n) is 5.62. The lowest BCUT2D eigenvalue weighted by molar-refractivity contribution is -0.117. The Hall–Kier alpha value is -1.46. The van der Waals surface area contributed by atoms with Crippen molar-refractivity contribution in [1.82, 2.24) is 5.32 Å². The molecule has 0 aliphatic heterocycles. The molecule has 4 nitrogen and oxygen atoms in total. The number of aryl methyl sites for hydroxylation is 1. The Morgan fingerprint density at radius 1 is 1.33 bits per heavy atom. The van der Waals surface area contributed by atoms with Crippen LogP contribution in [0.5, 0.6) is 0 Å². The number of amides is 1. The zero-order chi connectivity index (χ0) is 13.7. The molecule has 1 aromatic carbocycles. The van der Waals surface area contributed by atoms with Gasteiger partial charge in [0.05, 0.1) is 6.04 Å². The summed E-state index contributed by atoms with van der Waals surface area (Å²) < 4.78 is 23.0. The SMILES string of the molecule is COC(OC)C(C)NC(=O)c1ccc(F)cc1C. The quantitative estimate of drug-likeness (QED) is 0.817. The Balaban J connectivity index is 2.76. The second kappa shape index (κ2) is 6.47. The minimum absolute atomic E-state index is 0.279. The summed E-state index contributed by atoms with van der Waals surface area (Å²) in [5.74, 6) is -0.636. The lowest BCUT2D eigenvalue weighted by Gasteiger charge is -2.22. The fourth-order valence-electron chi connectivity index (χ4n) is 1.74. The molecule has 1 aromatic rings. The molecule has 0 radical (unpaired) electrons. The lowest BCUT2D eigenvalue weighted by atomic mass is 10.1. The van der Waals surface area contributed by atoms with Crippen molar-refractivity contribution in [2.45, 2.75) is 26.2 Å². The molecule has 0 aromatic heterocycles. The Morgan fingerprint density at radius 3 is 2.44 bits per heavy atom. The number of hydrogen-bond donors (Lipinski definition) is 1. The van der Waals surface area contributed by atoms with Crippen LogP contribution < -0.4 is 5.32 Å². The predicted molar refractivity (Wildman–Crippen MR) is 65.9 cm³/mol. The third kappa shape index (κ3) is 3.51. The number of methoxy groups -OCH3 is 2. The average Bonchev–Trinajstić information content (AvgIpc) is 2.30. The van der Waals surface area contributed by atoms with E-state index < -0.39 is 6.29 Å². The van der Waals surface area contributed by atoms with E-state index in [1.165, 1.54) is 32.4 Å². The van der Waals surface area contributed by atoms with Gasteiger partial charge in [0.25, 0.3) is 5.91 Å². The third-order valence-electron chi connectivity index (χ3n) is 2.66. The highest BCUT2D eigenvalue weighted by atomic mass is 19.1. The summed E-state index contributed by atoms with van der Waals surface area (Å²) in [5.41, 5.74) is 1.03. The molecule has 0 saturated carbocycles. The van der Waals surface area contributed by atoms with Crippen LogP contribution in [0.3, 0.4) is 0 Å². The Labute approximate surface area is 106 Å². The number of carbonyl (C=O) groups is 1. The van der Waals surface area contributed by atoms with Crippen molar-refractivity contribution in [2.24, 2.45) is 0 Å². The van der Waals surface area contributed by atoms with Crippen LogP contribution in [-0.4, -0.2) is 32.5 Å². The summed E-state index contributed by atoms with van der Waals surface area (Å²) in [6.07, 6.45) is -0.519. The van der Waals surface area contributed by atoms with E-state index in [0.29, 0.717) is 11.1 Å². The van der Waals surface area contributed by atoms with Gasteiger partial charge >= 0.3 is 0 Å². The molecule has 0 heterocycles. The van der Waals surface area contributed by atoms with Gasteiger partial charge < -0.3 is 14.8 Å². The molecule has 1 amide bonds. The molecule has 0 saturated heterocycles. The topological polar surface area (TPSA) is 47.6 Å². The van der Waals surface area contributed by atoms with Crippen molar-refractivity contribution in [3.05, 3.63) is 35.1 Å². The van der Waals surface area contributed by atoms with Crippen LogP contribution in [0, 0.1) is 12.7 Å². The second-order valence-electron chi connectivity index (χ2n) is 4.06. The molecule has 0 bridgehead atoms. The third-order valence-corrected chi connectivity index (χ3v) is 2.66. The molecule has 18 heavy (non-hydrogen) atoms. The van der Waals surface area contributed by atoms with Gasteiger partial charge in [0.15, 0.2) is 6.29 Å². The number of hydrogen-bond acceptors (Lipinski definition) is 3. The maximum Gasteiger partial charge on any atom is 0.251 e. The van der Waals surface area contributed by atoms with E-state index in [1.54, 1.807) is 13.8 Å². The minimum atomic E-state index is -0.519. The van der Waals surface area contributed by atoms with Gasteiger partial charge in [0, 0.05) is 19.8 Å². The van der Waals surface area contributed by atoms with Gasteiger partial charge in [0.1, 0.15) is 5.82 Å². The van der Waals surface area contributed by atoms with Gasteiger partial charge in [-0.2, -0.15) is 0 Å². The number of ether oxygens (including phenoxy) is 2. The normalized spacial score (nSPS) is 12.6. The summed E-state index contributed by atoms with van der Waals surface area (Å²) in [4.78, 5) is 12.0. The smallest absolute Gasteiger partial charge is 0.251 e. The van der Waals surface area contributed by atoms with E-state index in [-0.39, 0.29) is 17.8 Å². The van der Waals surface area contributed by atoms with E-state index in [4.69, 9.17) is 9.47 Å². The summed E-state index contributed by atoms with van der Waals surface area (Å²) >= 11 is 0. The molecule has 1 unspecified atom stereocenters. The van der Waals surface area contributed by atoms with Gasteiger partial charge in [-0.15, -0.1) is 0 Å². The van der Waals surface area contributed by atoms with Crippen molar-refractivity contribution in [3.63, 3.8) is 0 Å². The first kappa shape index (κ1) is 14.6. The molecule has 0 fully saturated rings. The van der Waals surface area contributed by atoms with E-state index in [1.807, 2.05) is 0 Å². The van der Waals surface area contributed by atoms with Gasteiger partial charge in [-0.3, -0.25) is 4.79 Å². The van der Waals surface area contributed by atoms with Crippen LogP contribution in [-0.2, 0) is 9.47 Å². The molecular formula is C13H18FNO3. The first-order valence-corrected chi connectivity index (χ1v) is 5.62. The van der Waals surface area contributed by atoms with Crippen LogP contribution >= 0.6 is 0 Å². The van der Waals surface area contributed by atoms with Crippen molar-refractivity contribution in [3.8, 4) is 0 Å². The maximum absolute atomic E-state index is 12.9. The summed E-state index contributed by atoms with van der Waals surface area (Å²) in [5, 5.41) is 2.75. The zero-order valence-electron chi connectivity index (χ0n) is 11.0. The van der Waals surface area contributed by atoms with Crippen LogP contribution in [0.2, 0.25) is 0 Å². The molecule has 100 valence electrons. The van der Waals surface area contributed by atoms with Crippen LogP contribution in [0.4, 0.5) is 4.39 Å². The van der Waals surface area contributed by atoms with Crippen LogP contribution in [0.15, 0.2) is 18.2 Å². The van der Waals surface area contributed by atoms with E-state index in [0.717, 1.165) is 0 Å². The van der Waals surface area contributed by atoms with E-state index >= 15 is 0 Å². The molecular weight excluding hydrogens is 237 g/mol. The Morgan fingerprint density at radius 2 is 1.94 bits per heavy atom. The molecule has 1 rings (SSSR count).